The number of nitrogens with two attached hydrogens (primary N) is 1. The SMILES string of the molecule is CC1CN2CCCC2CN1C(=O)C(NC(N)=O)C(C)(C)C. The molecule has 0 spiro atoms. The molecular formula is C15H28N4O2. The Morgan fingerprint density at radius 3 is 2.52 bits per heavy atom. The zero-order valence-corrected chi connectivity index (χ0v) is 13.6. The minimum absolute atomic E-state index is 0.0136. The number of amides is 3. The van der Waals surface area contributed by atoms with Gasteiger partial charge >= 0.3 is 6.03 Å². The van der Waals surface area contributed by atoms with Gasteiger partial charge in [-0.2, -0.15) is 0 Å². The maximum Gasteiger partial charge on any atom is 0.312 e. The fourth-order valence-electron chi connectivity index (χ4n) is 3.45. The van der Waals surface area contributed by atoms with Crippen molar-refractivity contribution in [2.24, 2.45) is 11.1 Å². The second kappa shape index (κ2) is 5.83. The second-order valence-electron chi connectivity index (χ2n) is 7.44. The summed E-state index contributed by atoms with van der Waals surface area (Å²) in [4.78, 5) is 28.6. The first kappa shape index (κ1) is 16.1. The van der Waals surface area contributed by atoms with Crippen LogP contribution in [0, 0.1) is 5.41 Å². The van der Waals surface area contributed by atoms with Crippen molar-refractivity contribution in [1.82, 2.24) is 15.1 Å². The molecule has 2 fully saturated rings. The van der Waals surface area contributed by atoms with Crippen LogP contribution in [0.15, 0.2) is 0 Å². The van der Waals surface area contributed by atoms with E-state index in [9.17, 15) is 9.59 Å². The van der Waals surface area contributed by atoms with E-state index < -0.39 is 12.1 Å². The van der Waals surface area contributed by atoms with Crippen molar-refractivity contribution >= 4 is 11.9 Å². The first-order chi connectivity index (χ1) is 9.70. The molecule has 2 saturated heterocycles. The molecule has 3 amide bonds. The molecule has 0 aliphatic carbocycles. The van der Waals surface area contributed by atoms with Gasteiger partial charge in [-0.1, -0.05) is 20.8 Å². The lowest BCUT2D eigenvalue weighted by Crippen LogP contribution is -2.63. The molecule has 6 nitrogen and oxygen atoms in total. The van der Waals surface area contributed by atoms with Crippen LogP contribution in [0.5, 0.6) is 0 Å². The number of nitrogens with one attached hydrogen (secondary N) is 1. The summed E-state index contributed by atoms with van der Waals surface area (Å²) in [6.07, 6.45) is 2.36. The number of rotatable bonds is 2. The minimum atomic E-state index is -0.643. The molecule has 0 aromatic heterocycles. The molecule has 2 aliphatic rings. The van der Waals surface area contributed by atoms with Gasteiger partial charge in [-0.25, -0.2) is 4.79 Å². The molecular weight excluding hydrogens is 268 g/mol. The molecule has 0 saturated carbocycles. The van der Waals surface area contributed by atoms with E-state index in [0.29, 0.717) is 6.04 Å². The largest absolute Gasteiger partial charge is 0.352 e. The molecule has 2 rings (SSSR count). The van der Waals surface area contributed by atoms with Gasteiger partial charge in [-0.3, -0.25) is 9.69 Å². The van der Waals surface area contributed by atoms with Gasteiger partial charge in [0.1, 0.15) is 6.04 Å². The Labute approximate surface area is 127 Å². The fraction of sp³-hybridized carbons (Fsp3) is 0.867. The molecule has 6 heteroatoms. The summed E-state index contributed by atoms with van der Waals surface area (Å²) in [6, 6.07) is -0.577. The molecule has 2 aliphatic heterocycles. The maximum absolute atomic E-state index is 12.9. The van der Waals surface area contributed by atoms with Crippen molar-refractivity contribution in [3.8, 4) is 0 Å². The van der Waals surface area contributed by atoms with Crippen LogP contribution in [0.25, 0.3) is 0 Å². The Morgan fingerprint density at radius 1 is 1.29 bits per heavy atom. The highest BCUT2D eigenvalue weighted by molar-refractivity contribution is 5.87. The topological polar surface area (TPSA) is 78.7 Å². The number of urea groups is 1. The van der Waals surface area contributed by atoms with E-state index in [1.54, 1.807) is 0 Å². The van der Waals surface area contributed by atoms with Gasteiger partial charge in [0, 0.05) is 25.2 Å². The zero-order valence-electron chi connectivity index (χ0n) is 13.6. The van der Waals surface area contributed by atoms with Gasteiger partial charge in [-0.15, -0.1) is 0 Å². The molecule has 0 bridgehead atoms. The summed E-state index contributed by atoms with van der Waals surface area (Å²) in [5.41, 5.74) is 4.89. The predicted molar refractivity (Wildman–Crippen MR) is 81.7 cm³/mol. The number of carbonyl (C=O) groups is 2. The lowest BCUT2D eigenvalue weighted by molar-refractivity contribution is -0.141. The lowest BCUT2D eigenvalue weighted by Gasteiger charge is -2.45. The third-order valence-corrected chi connectivity index (χ3v) is 4.62. The highest BCUT2D eigenvalue weighted by Crippen LogP contribution is 2.28. The summed E-state index contributed by atoms with van der Waals surface area (Å²) >= 11 is 0. The van der Waals surface area contributed by atoms with E-state index in [1.165, 1.54) is 6.42 Å². The van der Waals surface area contributed by atoms with E-state index in [2.05, 4.69) is 17.1 Å². The first-order valence-corrected chi connectivity index (χ1v) is 7.80. The number of hydrogen-bond acceptors (Lipinski definition) is 3. The summed E-state index contributed by atoms with van der Waals surface area (Å²) in [5.74, 6) is -0.0136. The molecule has 120 valence electrons. The standard InChI is InChI=1S/C15H28N4O2/c1-10-8-18-7-5-6-11(18)9-19(10)13(20)12(15(2,3)4)17-14(16)21/h10-12H,5-9H2,1-4H3,(H3,16,17,21). The van der Waals surface area contributed by atoms with E-state index in [4.69, 9.17) is 5.73 Å². The Kier molecular flexibility index (Phi) is 4.46. The van der Waals surface area contributed by atoms with E-state index in [1.807, 2.05) is 25.7 Å². The molecule has 0 radical (unpaired) electrons. The minimum Gasteiger partial charge on any atom is -0.352 e. The zero-order chi connectivity index (χ0) is 15.8. The number of carbonyl (C=O) groups excluding carboxylic acids is 2. The van der Waals surface area contributed by atoms with Crippen molar-refractivity contribution in [1.29, 1.82) is 0 Å². The molecule has 3 unspecified atom stereocenters. The van der Waals surface area contributed by atoms with Crippen LogP contribution in [0.4, 0.5) is 4.79 Å². The average molecular weight is 296 g/mol. The van der Waals surface area contributed by atoms with Crippen LogP contribution in [0.1, 0.15) is 40.5 Å². The lowest BCUT2D eigenvalue weighted by atomic mass is 9.85. The summed E-state index contributed by atoms with van der Waals surface area (Å²) in [6.45, 7) is 10.7. The maximum atomic E-state index is 12.9. The van der Waals surface area contributed by atoms with E-state index >= 15 is 0 Å². The van der Waals surface area contributed by atoms with Crippen molar-refractivity contribution in [2.45, 2.75) is 58.7 Å². The van der Waals surface area contributed by atoms with Crippen LogP contribution >= 0.6 is 0 Å². The molecule has 0 aromatic rings. The number of fused-ring (bicyclic) bond motifs is 1. The average Bonchev–Trinajstić information content (AvgIpc) is 2.79. The summed E-state index contributed by atoms with van der Waals surface area (Å²) in [5, 5.41) is 2.63. The third-order valence-electron chi connectivity index (χ3n) is 4.62. The van der Waals surface area contributed by atoms with Crippen molar-refractivity contribution in [3.05, 3.63) is 0 Å². The van der Waals surface area contributed by atoms with Crippen LogP contribution in [-0.2, 0) is 4.79 Å². The Balaban J connectivity index is 2.13. The Morgan fingerprint density at radius 2 is 1.95 bits per heavy atom. The number of nitrogens with zero attached hydrogens (tertiary/aromatic N) is 2. The van der Waals surface area contributed by atoms with E-state index in [-0.39, 0.29) is 17.4 Å². The fourth-order valence-corrected chi connectivity index (χ4v) is 3.45. The van der Waals surface area contributed by atoms with Gasteiger partial charge in [0.25, 0.3) is 0 Å². The Bertz CT molecular complexity index is 418. The Hall–Kier alpha value is -1.30. The van der Waals surface area contributed by atoms with Gasteiger partial charge < -0.3 is 16.0 Å². The number of primary amides is 1. The monoisotopic (exact) mass is 296 g/mol. The van der Waals surface area contributed by atoms with Crippen LogP contribution in [0.3, 0.4) is 0 Å². The highest BCUT2D eigenvalue weighted by Gasteiger charge is 2.41. The molecule has 2 heterocycles. The first-order valence-electron chi connectivity index (χ1n) is 7.80. The van der Waals surface area contributed by atoms with E-state index in [0.717, 1.165) is 26.1 Å². The van der Waals surface area contributed by atoms with Crippen molar-refractivity contribution < 1.29 is 9.59 Å². The van der Waals surface area contributed by atoms with Gasteiger partial charge in [0.15, 0.2) is 0 Å². The molecule has 21 heavy (non-hydrogen) atoms. The van der Waals surface area contributed by atoms with Gasteiger partial charge in [0.2, 0.25) is 5.91 Å². The van der Waals surface area contributed by atoms with Crippen LogP contribution in [0.2, 0.25) is 0 Å². The molecule has 0 aromatic carbocycles. The predicted octanol–water partition coefficient (Wildman–Crippen LogP) is 0.765. The van der Waals surface area contributed by atoms with Crippen LogP contribution < -0.4 is 11.1 Å². The van der Waals surface area contributed by atoms with Gasteiger partial charge in [-0.05, 0) is 31.7 Å². The third kappa shape index (κ3) is 3.48. The highest BCUT2D eigenvalue weighted by atomic mass is 16.2. The van der Waals surface area contributed by atoms with Gasteiger partial charge in [0.05, 0.1) is 0 Å². The quantitative estimate of drug-likeness (QED) is 0.790. The summed E-state index contributed by atoms with van der Waals surface area (Å²) in [7, 11) is 0. The second-order valence-corrected chi connectivity index (χ2v) is 7.44. The smallest absolute Gasteiger partial charge is 0.312 e. The number of piperazine rings is 1. The molecule has 3 N–H and O–H groups in total. The van der Waals surface area contributed by atoms with Crippen LogP contribution in [-0.4, -0.2) is 59.5 Å². The van der Waals surface area contributed by atoms with Crippen molar-refractivity contribution in [3.63, 3.8) is 0 Å². The normalized spacial score (nSPS) is 28.1. The molecule has 3 atom stereocenters. The number of hydrogen-bond donors (Lipinski definition) is 2. The van der Waals surface area contributed by atoms with Crippen molar-refractivity contribution in [2.75, 3.05) is 19.6 Å². The summed E-state index contributed by atoms with van der Waals surface area (Å²) < 4.78 is 0.